The number of hydrogen-bond donors (Lipinski definition) is 0. The number of carbonyl (C=O) groups is 1. The number of piperidine rings is 1. The van der Waals surface area contributed by atoms with Gasteiger partial charge in [0.2, 0.25) is 5.91 Å². The first-order valence-corrected chi connectivity index (χ1v) is 13.4. The smallest absolute Gasteiger partial charge is 0.240 e. The van der Waals surface area contributed by atoms with Crippen molar-refractivity contribution in [3.05, 3.63) is 120 Å². The predicted molar refractivity (Wildman–Crippen MR) is 144 cm³/mol. The second-order valence-corrected chi connectivity index (χ2v) is 11.0. The van der Waals surface area contributed by atoms with E-state index in [0.717, 1.165) is 30.6 Å². The maximum Gasteiger partial charge on any atom is 0.240 e. The highest BCUT2D eigenvalue weighted by Gasteiger charge is 2.65. The predicted octanol–water partition coefficient (Wildman–Crippen LogP) is 5.28. The molecule has 6 rings (SSSR count). The molecule has 2 saturated heterocycles. The molecule has 3 fully saturated rings. The molecule has 0 spiro atoms. The van der Waals surface area contributed by atoms with E-state index in [4.69, 9.17) is 0 Å². The molecule has 3 aliphatic rings. The average molecular weight is 514 g/mol. The van der Waals surface area contributed by atoms with Crippen LogP contribution in [0.5, 0.6) is 0 Å². The summed E-state index contributed by atoms with van der Waals surface area (Å²) in [5.41, 5.74) is 3.19. The molecule has 0 N–H and O–H groups in total. The fraction of sp³-hybridized carbons (Fsp3) is 0.344. The van der Waals surface area contributed by atoms with E-state index >= 15 is 0 Å². The summed E-state index contributed by atoms with van der Waals surface area (Å²) in [4.78, 5) is 20.6. The van der Waals surface area contributed by atoms with E-state index in [1.807, 2.05) is 23.1 Å². The van der Waals surface area contributed by atoms with Gasteiger partial charge in [0.25, 0.3) is 0 Å². The van der Waals surface area contributed by atoms with Gasteiger partial charge in [0.05, 0.1) is 12.1 Å². The molecule has 3 atom stereocenters. The van der Waals surface area contributed by atoms with Crippen molar-refractivity contribution < 1.29 is 13.6 Å². The minimum atomic E-state index is -0.283. The molecule has 6 heteroatoms. The molecule has 196 valence electrons. The molecule has 0 radical (unpaired) electrons. The van der Waals surface area contributed by atoms with Crippen LogP contribution in [0.2, 0.25) is 0 Å². The third-order valence-electron chi connectivity index (χ3n) is 8.70. The van der Waals surface area contributed by atoms with E-state index in [1.165, 1.54) is 29.8 Å². The summed E-state index contributed by atoms with van der Waals surface area (Å²) in [5, 5.41) is 0. The van der Waals surface area contributed by atoms with Crippen LogP contribution in [-0.2, 0) is 11.3 Å². The Morgan fingerprint density at radius 1 is 0.895 bits per heavy atom. The van der Waals surface area contributed by atoms with E-state index in [-0.39, 0.29) is 35.0 Å². The van der Waals surface area contributed by atoms with Crippen molar-refractivity contribution in [2.75, 3.05) is 32.7 Å². The summed E-state index contributed by atoms with van der Waals surface area (Å²) in [6.45, 7) is 8.37. The Morgan fingerprint density at radius 2 is 1.47 bits per heavy atom. The van der Waals surface area contributed by atoms with Crippen LogP contribution in [0.25, 0.3) is 0 Å². The van der Waals surface area contributed by atoms with Crippen LogP contribution >= 0.6 is 0 Å². The molecule has 1 amide bonds. The highest BCUT2D eigenvalue weighted by atomic mass is 19.1. The summed E-state index contributed by atoms with van der Waals surface area (Å²) in [5.74, 6) is -0.0176. The lowest BCUT2D eigenvalue weighted by Gasteiger charge is -2.41. The quantitative estimate of drug-likeness (QED) is 0.403. The normalized spacial score (nSPS) is 25.4. The zero-order valence-electron chi connectivity index (χ0n) is 21.5. The van der Waals surface area contributed by atoms with Crippen molar-refractivity contribution in [3.63, 3.8) is 0 Å². The molecule has 38 heavy (non-hydrogen) atoms. The standard InChI is InChI=1S/C32H33F2N3O/c1-2-32-20-28(32)30(37(22-32)21-23-6-4-3-5-7-23)31(38)36-18-16-35(17-19-36)29(24-8-12-26(33)13-9-24)25-10-14-27(34)15-11-25/h2-15,28-30H,1,16-22H2/t28-,30?,32-/m1/s1. The number of rotatable bonds is 7. The maximum atomic E-state index is 13.9. The second-order valence-electron chi connectivity index (χ2n) is 11.0. The number of fused-ring (bicyclic) bond motifs is 1. The minimum Gasteiger partial charge on any atom is -0.339 e. The minimum absolute atomic E-state index is 0.0627. The number of amides is 1. The van der Waals surface area contributed by atoms with Gasteiger partial charge in [-0.25, -0.2) is 8.78 Å². The van der Waals surface area contributed by atoms with E-state index < -0.39 is 0 Å². The fourth-order valence-electron chi connectivity index (χ4n) is 6.58. The highest BCUT2D eigenvalue weighted by Crippen LogP contribution is 2.62. The first kappa shape index (κ1) is 25.0. The molecule has 3 aromatic rings. The Hall–Kier alpha value is -3.35. The van der Waals surface area contributed by atoms with E-state index in [2.05, 4.69) is 34.6 Å². The molecule has 1 aliphatic carbocycles. The second kappa shape index (κ2) is 10.1. The number of carbonyl (C=O) groups excluding carboxylic acids is 1. The lowest BCUT2D eigenvalue weighted by molar-refractivity contribution is -0.139. The molecule has 1 unspecified atom stereocenters. The van der Waals surface area contributed by atoms with E-state index in [1.54, 1.807) is 24.3 Å². The molecule has 3 aromatic carbocycles. The van der Waals surface area contributed by atoms with Crippen LogP contribution in [-0.4, -0.2) is 59.4 Å². The highest BCUT2D eigenvalue weighted by molar-refractivity contribution is 5.84. The molecule has 2 heterocycles. The number of likely N-dealkylation sites (tertiary alicyclic amines) is 1. The lowest BCUT2D eigenvalue weighted by Crippen LogP contribution is -2.55. The molecule has 1 saturated carbocycles. The van der Waals surface area contributed by atoms with Gasteiger partial charge in [-0.05, 0) is 53.3 Å². The average Bonchev–Trinajstić information content (AvgIpc) is 3.56. The molecule has 4 nitrogen and oxygen atoms in total. The Kier molecular flexibility index (Phi) is 6.62. The topological polar surface area (TPSA) is 26.8 Å². The first-order chi connectivity index (χ1) is 18.5. The van der Waals surface area contributed by atoms with Gasteiger partial charge in [-0.1, -0.05) is 60.7 Å². The fourth-order valence-corrected chi connectivity index (χ4v) is 6.58. The van der Waals surface area contributed by atoms with Crippen molar-refractivity contribution in [2.45, 2.75) is 25.0 Å². The van der Waals surface area contributed by atoms with Gasteiger partial charge in [0.1, 0.15) is 11.6 Å². The first-order valence-electron chi connectivity index (χ1n) is 13.4. The monoisotopic (exact) mass is 513 g/mol. The van der Waals surface area contributed by atoms with Crippen LogP contribution < -0.4 is 0 Å². The summed E-state index contributed by atoms with van der Waals surface area (Å²) >= 11 is 0. The molecular weight excluding hydrogens is 480 g/mol. The number of benzene rings is 3. The summed E-state index contributed by atoms with van der Waals surface area (Å²) in [7, 11) is 0. The third kappa shape index (κ3) is 4.67. The van der Waals surface area contributed by atoms with Crippen molar-refractivity contribution in [3.8, 4) is 0 Å². The van der Waals surface area contributed by atoms with Crippen LogP contribution in [0.4, 0.5) is 8.78 Å². The Morgan fingerprint density at radius 3 is 2.03 bits per heavy atom. The van der Waals surface area contributed by atoms with Crippen LogP contribution in [0.3, 0.4) is 0 Å². The Bertz CT molecular complexity index is 1240. The maximum absolute atomic E-state index is 13.9. The summed E-state index contributed by atoms with van der Waals surface area (Å²) < 4.78 is 27.4. The zero-order chi connectivity index (χ0) is 26.3. The summed E-state index contributed by atoms with van der Waals surface area (Å²) in [6, 6.07) is 23.1. The van der Waals surface area contributed by atoms with Crippen molar-refractivity contribution >= 4 is 5.91 Å². The number of nitrogens with zero attached hydrogens (tertiary/aromatic N) is 3. The Balaban J connectivity index is 1.18. The lowest BCUT2D eigenvalue weighted by atomic mass is 9.96. The number of hydrogen-bond acceptors (Lipinski definition) is 3. The zero-order valence-corrected chi connectivity index (χ0v) is 21.5. The van der Waals surface area contributed by atoms with Crippen molar-refractivity contribution in [2.24, 2.45) is 11.3 Å². The van der Waals surface area contributed by atoms with Crippen molar-refractivity contribution in [1.29, 1.82) is 0 Å². The van der Waals surface area contributed by atoms with Gasteiger partial charge >= 0.3 is 0 Å². The number of piperazine rings is 1. The van der Waals surface area contributed by atoms with Gasteiger partial charge in [-0.15, -0.1) is 6.58 Å². The van der Waals surface area contributed by atoms with Crippen LogP contribution in [0.1, 0.15) is 29.2 Å². The Labute approximate surface area is 223 Å². The van der Waals surface area contributed by atoms with Crippen molar-refractivity contribution in [1.82, 2.24) is 14.7 Å². The molecule has 2 aliphatic heterocycles. The third-order valence-corrected chi connectivity index (χ3v) is 8.70. The summed E-state index contributed by atoms with van der Waals surface area (Å²) in [6.07, 6.45) is 3.10. The van der Waals surface area contributed by atoms with Gasteiger partial charge in [-0.2, -0.15) is 0 Å². The van der Waals surface area contributed by atoms with Gasteiger partial charge < -0.3 is 4.90 Å². The molecule has 0 aromatic heterocycles. The van der Waals surface area contributed by atoms with Gasteiger partial charge in [0.15, 0.2) is 0 Å². The van der Waals surface area contributed by atoms with E-state index in [9.17, 15) is 13.6 Å². The SMILES string of the molecule is C=C[C@]12C[C@@H]1C(C(=O)N1CCN(C(c3ccc(F)cc3)c3ccc(F)cc3)CC1)N(Cc1ccccc1)C2. The van der Waals surface area contributed by atoms with Gasteiger partial charge in [0, 0.05) is 44.7 Å². The largest absolute Gasteiger partial charge is 0.339 e. The van der Waals surface area contributed by atoms with Crippen LogP contribution in [0, 0.1) is 23.0 Å². The molecule has 0 bridgehead atoms. The van der Waals surface area contributed by atoms with Crippen LogP contribution in [0.15, 0.2) is 91.5 Å². The molecular formula is C32H33F2N3O. The van der Waals surface area contributed by atoms with Gasteiger partial charge in [-0.3, -0.25) is 14.6 Å². The van der Waals surface area contributed by atoms with E-state index in [0.29, 0.717) is 32.1 Å². The number of halogens is 2.